The Morgan fingerprint density at radius 2 is 1.34 bits per heavy atom. The summed E-state index contributed by atoms with van der Waals surface area (Å²) < 4.78 is 36.4. The van der Waals surface area contributed by atoms with Crippen molar-refractivity contribution < 1.29 is 98.7 Å². The van der Waals surface area contributed by atoms with Gasteiger partial charge < -0.3 is 89.6 Å². The van der Waals surface area contributed by atoms with Crippen molar-refractivity contribution in [2.75, 3.05) is 13.2 Å². The van der Waals surface area contributed by atoms with E-state index >= 15 is 4.79 Å². The molecule has 0 aromatic heterocycles. The molecule has 0 aromatic carbocycles. The van der Waals surface area contributed by atoms with E-state index in [0.717, 1.165) is 63.2 Å². The normalized spacial score (nSPS) is 47.0. The number of amides is 1. The molecule has 24 atom stereocenters. The quantitative estimate of drug-likeness (QED) is 0.0361. The van der Waals surface area contributed by atoms with Crippen LogP contribution in [0.1, 0.15) is 170 Å². The first-order valence-corrected chi connectivity index (χ1v) is 29.8. The number of aliphatic hydroxyl groups excluding tert-OH is 9. The van der Waals surface area contributed by atoms with Crippen molar-refractivity contribution in [3.8, 4) is 0 Å². The lowest BCUT2D eigenvalue weighted by atomic mass is 9.33. The number of allylic oxidation sites excluding steroid dienone is 2. The van der Waals surface area contributed by atoms with Crippen LogP contribution in [0, 0.1) is 50.2 Å². The van der Waals surface area contributed by atoms with Gasteiger partial charge >= 0.3 is 11.9 Å². The third-order valence-electron chi connectivity index (χ3n) is 21.8. The standard InChI is InChI=1S/C59H95NO20/c1-31-48(78-50-46(72)43(69)34(63)29-75-50)45(71)47(73)51(76-31)79-49-44(70)42(60-40(66)16-14-12-10-8-9-11-13-15-17-41(67)68)35(28-61)77-52(49)80-53(74)59-25-24-54(2,3)26-33(59)32-18-19-37-55(4)22-21-38(64)56(5,30-62)36(55)20-23-57(37,6)58(32,7)27-39(59)65/h18,30-31,33-39,42-52,61,63-65,69-73H,8-17,19-29H2,1-7H3,(H,60,66)(H,67,68)/t31-,33-,34+,35+,36+,37+,38-,39+,42-,43-,44-,45-,46+,47+,48-,49+,50-,51-,52-,55-,56-,57+,58+,59+/m0/s1. The summed E-state index contributed by atoms with van der Waals surface area (Å²) in [6, 6.07) is -1.36. The zero-order valence-corrected chi connectivity index (χ0v) is 48.0. The van der Waals surface area contributed by atoms with Crippen LogP contribution in [0.15, 0.2) is 11.6 Å². The molecule has 8 rings (SSSR count). The van der Waals surface area contributed by atoms with Crippen LogP contribution in [-0.2, 0) is 47.6 Å². The van der Waals surface area contributed by atoms with Gasteiger partial charge in [-0.05, 0) is 117 Å². The molecule has 7 fully saturated rings. The Morgan fingerprint density at radius 3 is 1.99 bits per heavy atom. The van der Waals surface area contributed by atoms with Gasteiger partial charge in [-0.1, -0.05) is 91.7 Å². The van der Waals surface area contributed by atoms with E-state index in [9.17, 15) is 60.3 Å². The number of aldehydes is 1. The van der Waals surface area contributed by atoms with Gasteiger partial charge in [0, 0.05) is 12.8 Å². The van der Waals surface area contributed by atoms with Crippen LogP contribution in [-0.4, -0.2) is 187 Å². The minimum atomic E-state index is -1.95. The summed E-state index contributed by atoms with van der Waals surface area (Å²) in [5.74, 6) is -2.57. The van der Waals surface area contributed by atoms with E-state index in [1.54, 1.807) is 0 Å². The SMILES string of the molecule is C[C@@H]1O[C@@H](O[C@H]2[C@H](OC(=O)[C@]34CCC(C)(C)C[C@H]3C3=CC[C@@H]5[C@@]6(C)CC[C@H](O)[C@@](C)(C=O)[C@@H]6CC[C@@]5(C)[C@]3(C)C[C@H]4O)O[C@H](CO)[C@H](NC(=O)CCCCCCCCCCC(=O)O)[C@@H]2O)[C@H](O)[C@H](O)[C@H]1O[C@@H]1OC[C@@H](O)[C@H](O)[C@H]1O. The minimum absolute atomic E-state index is 0.0471. The first-order valence-electron chi connectivity index (χ1n) is 29.8. The van der Waals surface area contributed by atoms with Crippen LogP contribution in [0.3, 0.4) is 0 Å². The van der Waals surface area contributed by atoms with Crippen LogP contribution in [0.25, 0.3) is 0 Å². The number of carboxylic acid groups (broad SMARTS) is 1. The van der Waals surface area contributed by atoms with Crippen molar-refractivity contribution in [3.63, 3.8) is 0 Å². The van der Waals surface area contributed by atoms with Crippen LogP contribution < -0.4 is 5.32 Å². The summed E-state index contributed by atoms with van der Waals surface area (Å²) >= 11 is 0. The van der Waals surface area contributed by atoms with E-state index in [1.165, 1.54) is 6.92 Å². The highest BCUT2D eigenvalue weighted by atomic mass is 16.8. The molecule has 0 aromatic rings. The number of rotatable bonds is 20. The van der Waals surface area contributed by atoms with Gasteiger partial charge in [0.05, 0.1) is 43.0 Å². The second kappa shape index (κ2) is 24.7. The molecule has 0 bridgehead atoms. The lowest BCUT2D eigenvalue weighted by Gasteiger charge is -2.71. The largest absolute Gasteiger partial charge is 0.481 e. The summed E-state index contributed by atoms with van der Waals surface area (Å²) in [6.07, 6.45) is -8.54. The fourth-order valence-electron chi connectivity index (χ4n) is 16.7. The second-order valence-electron chi connectivity index (χ2n) is 27.1. The smallest absolute Gasteiger partial charge is 0.317 e. The van der Waals surface area contributed by atoms with Crippen molar-refractivity contribution in [3.05, 3.63) is 11.6 Å². The molecule has 5 aliphatic carbocycles. The number of esters is 1. The van der Waals surface area contributed by atoms with E-state index < -0.39 is 151 Å². The Hall–Kier alpha value is -2.74. The Labute approximate surface area is 470 Å². The summed E-state index contributed by atoms with van der Waals surface area (Å²) in [5.41, 5.74) is -2.89. The van der Waals surface area contributed by atoms with E-state index in [-0.39, 0.29) is 53.8 Å². The molecule has 0 unspecified atom stereocenters. The monoisotopic (exact) mass is 1140 g/mol. The van der Waals surface area contributed by atoms with E-state index in [4.69, 9.17) is 33.5 Å². The maximum absolute atomic E-state index is 15.7. The van der Waals surface area contributed by atoms with Crippen molar-refractivity contribution in [1.29, 1.82) is 0 Å². The highest BCUT2D eigenvalue weighted by Crippen LogP contribution is 2.76. The van der Waals surface area contributed by atoms with Gasteiger partial charge in [-0.2, -0.15) is 0 Å². The number of ether oxygens (including phenoxy) is 6. The molecule has 21 nitrogen and oxygen atoms in total. The van der Waals surface area contributed by atoms with Gasteiger partial charge in [0.2, 0.25) is 12.2 Å². The molecule has 8 aliphatic rings. The zero-order valence-electron chi connectivity index (χ0n) is 48.0. The van der Waals surface area contributed by atoms with E-state index in [1.807, 2.05) is 6.92 Å². The lowest BCUT2D eigenvalue weighted by molar-refractivity contribution is -0.370. The molecule has 80 heavy (non-hydrogen) atoms. The summed E-state index contributed by atoms with van der Waals surface area (Å²) in [6.45, 7) is 13.3. The number of carbonyl (C=O) groups excluding carboxylic acids is 3. The number of hydrogen-bond acceptors (Lipinski definition) is 19. The topological polar surface area (TPSA) is 338 Å². The second-order valence-corrected chi connectivity index (χ2v) is 27.1. The van der Waals surface area contributed by atoms with Gasteiger partial charge in [-0.25, -0.2) is 0 Å². The summed E-state index contributed by atoms with van der Waals surface area (Å²) in [5, 5.41) is 113. The average molecular weight is 1140 g/mol. The highest BCUT2D eigenvalue weighted by molar-refractivity contribution is 5.80. The number of hydrogen-bond donors (Lipinski definition) is 11. The Bertz CT molecular complexity index is 2220. The third kappa shape index (κ3) is 11.6. The number of aliphatic carboxylic acids is 1. The predicted molar refractivity (Wildman–Crippen MR) is 284 cm³/mol. The number of carboxylic acids is 1. The van der Waals surface area contributed by atoms with Gasteiger partial charge in [0.1, 0.15) is 60.5 Å². The first kappa shape index (κ1) is 63.3. The van der Waals surface area contributed by atoms with Crippen molar-refractivity contribution in [2.45, 2.75) is 269 Å². The van der Waals surface area contributed by atoms with Crippen LogP contribution in [0.4, 0.5) is 0 Å². The van der Waals surface area contributed by atoms with Crippen molar-refractivity contribution >= 4 is 24.1 Å². The summed E-state index contributed by atoms with van der Waals surface area (Å²) in [4.78, 5) is 52.9. The van der Waals surface area contributed by atoms with E-state index in [0.29, 0.717) is 44.9 Å². The van der Waals surface area contributed by atoms with Gasteiger partial charge in [-0.15, -0.1) is 0 Å². The number of fused-ring (bicyclic) bond motifs is 7. The molecular formula is C59H95NO20. The Kier molecular flexibility index (Phi) is 19.5. The molecule has 3 aliphatic heterocycles. The molecule has 0 spiro atoms. The molecule has 21 heteroatoms. The zero-order chi connectivity index (χ0) is 58.5. The summed E-state index contributed by atoms with van der Waals surface area (Å²) in [7, 11) is 0. The molecule has 3 saturated heterocycles. The molecule has 456 valence electrons. The molecule has 11 N–H and O–H groups in total. The van der Waals surface area contributed by atoms with Gasteiger partial charge in [0.25, 0.3) is 0 Å². The Morgan fingerprint density at radius 1 is 0.700 bits per heavy atom. The number of aliphatic hydroxyl groups is 9. The van der Waals surface area contributed by atoms with Crippen molar-refractivity contribution in [2.24, 2.45) is 50.2 Å². The maximum Gasteiger partial charge on any atom is 0.317 e. The fourth-order valence-corrected chi connectivity index (χ4v) is 16.7. The molecule has 0 radical (unpaired) electrons. The minimum Gasteiger partial charge on any atom is -0.481 e. The van der Waals surface area contributed by atoms with E-state index in [2.05, 4.69) is 46.0 Å². The lowest BCUT2D eigenvalue weighted by Crippen LogP contribution is -2.69. The third-order valence-corrected chi connectivity index (χ3v) is 21.8. The first-order chi connectivity index (χ1) is 37.6. The predicted octanol–water partition coefficient (Wildman–Crippen LogP) is 3.07. The number of carbonyl (C=O) groups is 4. The van der Waals surface area contributed by atoms with Gasteiger partial charge in [-0.3, -0.25) is 14.4 Å². The maximum atomic E-state index is 15.7. The number of nitrogens with one attached hydrogen (secondary N) is 1. The Balaban J connectivity index is 1.04. The molecule has 1 amide bonds. The average Bonchev–Trinajstić information content (AvgIpc) is 3.49. The molecule has 4 saturated carbocycles. The fraction of sp³-hybridized carbons (Fsp3) is 0.898. The highest BCUT2D eigenvalue weighted by Gasteiger charge is 2.72. The van der Waals surface area contributed by atoms with Crippen LogP contribution >= 0.6 is 0 Å². The van der Waals surface area contributed by atoms with Crippen molar-refractivity contribution in [1.82, 2.24) is 5.32 Å². The van der Waals surface area contributed by atoms with Crippen LogP contribution in [0.2, 0.25) is 0 Å². The molecule has 3 heterocycles. The van der Waals surface area contributed by atoms with Crippen LogP contribution in [0.5, 0.6) is 0 Å². The number of unbranched alkanes of at least 4 members (excludes halogenated alkanes) is 7. The van der Waals surface area contributed by atoms with Gasteiger partial charge in [0.15, 0.2) is 18.7 Å². The molecular weight excluding hydrogens is 1040 g/mol.